The van der Waals surface area contributed by atoms with Crippen LogP contribution in [0.2, 0.25) is 5.02 Å². The summed E-state index contributed by atoms with van der Waals surface area (Å²) >= 11 is 8.13. The molecule has 152 valence electrons. The van der Waals surface area contributed by atoms with E-state index < -0.39 is 5.56 Å². The lowest BCUT2D eigenvalue weighted by atomic mass is 10.1. The Labute approximate surface area is 183 Å². The molecule has 0 amide bonds. The van der Waals surface area contributed by atoms with Crippen LogP contribution in [-0.2, 0) is 6.54 Å². The molecule has 0 bridgehead atoms. The van der Waals surface area contributed by atoms with Crippen molar-refractivity contribution in [2.24, 2.45) is 0 Å². The van der Waals surface area contributed by atoms with E-state index in [1.807, 2.05) is 48.0 Å². The van der Waals surface area contributed by atoms with Crippen LogP contribution in [0.15, 0.2) is 70.2 Å². The topological polar surface area (TPSA) is 53.4 Å². The van der Waals surface area contributed by atoms with E-state index in [-0.39, 0.29) is 10.8 Å². The van der Waals surface area contributed by atoms with Crippen LogP contribution in [-0.4, -0.2) is 16.9 Å². The molecule has 0 aliphatic carbocycles. The van der Waals surface area contributed by atoms with Crippen molar-refractivity contribution in [1.29, 1.82) is 0 Å². The minimum atomic E-state index is -0.391. The maximum Gasteiger partial charge on any atom is 0.311 e. The second kappa shape index (κ2) is 8.73. The highest BCUT2D eigenvalue weighted by Gasteiger charge is 2.20. The molecule has 0 radical (unpaired) electrons. The third-order valence-electron chi connectivity index (χ3n) is 4.71. The second-order valence-electron chi connectivity index (χ2n) is 6.67. The first-order valence-electron chi connectivity index (χ1n) is 9.26. The van der Waals surface area contributed by atoms with Gasteiger partial charge in [0.05, 0.1) is 13.7 Å². The Bertz CT molecular complexity index is 1220. The standard InChI is InChI=1S/C23H19ClN2O3S/c1-15-5-3-4-6-16(15)13-26-23(27)22(29-19-9-7-18(28-2)8-10-19)20(24)21(25-26)17-11-12-30-14-17/h3-12,14H,13H2,1-2H3. The highest BCUT2D eigenvalue weighted by atomic mass is 35.5. The minimum Gasteiger partial charge on any atom is -0.497 e. The lowest BCUT2D eigenvalue weighted by Crippen LogP contribution is -2.25. The predicted octanol–water partition coefficient (Wildman–Crippen LogP) is 5.78. The largest absolute Gasteiger partial charge is 0.497 e. The Kier molecular flexibility index (Phi) is 5.88. The first-order chi connectivity index (χ1) is 14.6. The van der Waals surface area contributed by atoms with Crippen molar-refractivity contribution in [1.82, 2.24) is 9.78 Å². The molecular weight excluding hydrogens is 420 g/mol. The number of halogens is 1. The van der Waals surface area contributed by atoms with Crippen molar-refractivity contribution >= 4 is 22.9 Å². The number of hydrogen-bond donors (Lipinski definition) is 0. The fourth-order valence-electron chi connectivity index (χ4n) is 3.02. The summed E-state index contributed by atoms with van der Waals surface area (Å²) in [5.41, 5.74) is 3.03. The summed E-state index contributed by atoms with van der Waals surface area (Å²) in [5, 5.41) is 8.63. The van der Waals surface area contributed by atoms with Crippen molar-refractivity contribution in [2.75, 3.05) is 7.11 Å². The van der Waals surface area contributed by atoms with E-state index in [2.05, 4.69) is 5.10 Å². The average molecular weight is 439 g/mol. The third kappa shape index (κ3) is 4.10. The summed E-state index contributed by atoms with van der Waals surface area (Å²) in [5.74, 6) is 1.23. The molecule has 30 heavy (non-hydrogen) atoms. The van der Waals surface area contributed by atoms with Gasteiger partial charge in [0.25, 0.3) is 0 Å². The van der Waals surface area contributed by atoms with Gasteiger partial charge in [-0.1, -0.05) is 35.9 Å². The molecule has 0 saturated carbocycles. The molecule has 0 spiro atoms. The van der Waals surface area contributed by atoms with Gasteiger partial charge in [-0.2, -0.15) is 16.4 Å². The van der Waals surface area contributed by atoms with Crippen molar-refractivity contribution in [2.45, 2.75) is 13.5 Å². The predicted molar refractivity (Wildman–Crippen MR) is 120 cm³/mol. The Morgan fingerprint density at radius 2 is 1.80 bits per heavy atom. The number of rotatable bonds is 6. The first-order valence-corrected chi connectivity index (χ1v) is 10.6. The van der Waals surface area contributed by atoms with Crippen LogP contribution in [0.4, 0.5) is 0 Å². The lowest BCUT2D eigenvalue weighted by molar-refractivity contribution is 0.412. The highest BCUT2D eigenvalue weighted by Crippen LogP contribution is 2.35. The molecule has 4 aromatic rings. The smallest absolute Gasteiger partial charge is 0.311 e. The SMILES string of the molecule is COc1ccc(Oc2c(Cl)c(-c3ccsc3)nn(Cc3ccccc3C)c2=O)cc1. The van der Waals surface area contributed by atoms with Gasteiger partial charge in [-0.3, -0.25) is 4.79 Å². The number of ether oxygens (including phenoxy) is 2. The number of hydrogen-bond acceptors (Lipinski definition) is 5. The minimum absolute atomic E-state index is 0.0478. The van der Waals surface area contributed by atoms with E-state index >= 15 is 0 Å². The zero-order valence-corrected chi connectivity index (χ0v) is 18.0. The monoisotopic (exact) mass is 438 g/mol. The molecule has 2 aromatic heterocycles. The van der Waals surface area contributed by atoms with Crippen LogP contribution in [0, 0.1) is 6.92 Å². The number of aromatic nitrogens is 2. The van der Waals surface area contributed by atoms with E-state index in [4.69, 9.17) is 21.1 Å². The molecular formula is C23H19ClN2O3S. The van der Waals surface area contributed by atoms with E-state index in [1.165, 1.54) is 16.0 Å². The highest BCUT2D eigenvalue weighted by molar-refractivity contribution is 7.08. The molecule has 0 aliphatic rings. The average Bonchev–Trinajstić information content (AvgIpc) is 3.29. The summed E-state index contributed by atoms with van der Waals surface area (Å²) in [6, 6.07) is 16.8. The Balaban J connectivity index is 1.82. The molecule has 5 nitrogen and oxygen atoms in total. The molecule has 0 unspecified atom stereocenters. The number of methoxy groups -OCH3 is 1. The molecule has 0 fully saturated rings. The summed E-state index contributed by atoms with van der Waals surface area (Å²) in [6.45, 7) is 2.32. The number of nitrogens with zero attached hydrogens (tertiary/aromatic N) is 2. The van der Waals surface area contributed by atoms with E-state index in [9.17, 15) is 4.79 Å². The van der Waals surface area contributed by atoms with Gasteiger partial charge in [0, 0.05) is 10.9 Å². The first kappa shape index (κ1) is 20.2. The summed E-state index contributed by atoms with van der Waals surface area (Å²) < 4.78 is 12.5. The van der Waals surface area contributed by atoms with Crippen molar-refractivity contribution in [3.05, 3.63) is 91.9 Å². The van der Waals surface area contributed by atoms with Crippen LogP contribution >= 0.6 is 22.9 Å². The Hall–Kier alpha value is -3.09. The van der Waals surface area contributed by atoms with E-state index in [1.54, 1.807) is 31.4 Å². The van der Waals surface area contributed by atoms with Crippen LogP contribution in [0.1, 0.15) is 11.1 Å². The van der Waals surface area contributed by atoms with Gasteiger partial charge in [0.2, 0.25) is 5.75 Å². The Morgan fingerprint density at radius 3 is 2.47 bits per heavy atom. The maximum absolute atomic E-state index is 13.2. The zero-order valence-electron chi connectivity index (χ0n) is 16.5. The van der Waals surface area contributed by atoms with Crippen LogP contribution in [0.5, 0.6) is 17.2 Å². The second-order valence-corrected chi connectivity index (χ2v) is 7.83. The molecule has 0 N–H and O–H groups in total. The summed E-state index contributed by atoms with van der Waals surface area (Å²) in [4.78, 5) is 13.2. The molecule has 0 atom stereocenters. The lowest BCUT2D eigenvalue weighted by Gasteiger charge is -2.14. The Morgan fingerprint density at radius 1 is 1.07 bits per heavy atom. The maximum atomic E-state index is 13.2. The van der Waals surface area contributed by atoms with Gasteiger partial charge in [-0.05, 0) is 53.8 Å². The van der Waals surface area contributed by atoms with Crippen molar-refractivity contribution < 1.29 is 9.47 Å². The number of benzene rings is 2. The van der Waals surface area contributed by atoms with Crippen molar-refractivity contribution in [3.8, 4) is 28.5 Å². The fourth-order valence-corrected chi connectivity index (χ4v) is 3.93. The molecule has 2 heterocycles. The summed E-state index contributed by atoms with van der Waals surface area (Å²) in [7, 11) is 1.59. The number of aryl methyl sites for hydroxylation is 1. The van der Waals surface area contributed by atoms with Gasteiger partial charge in [0.15, 0.2) is 0 Å². The van der Waals surface area contributed by atoms with Gasteiger partial charge in [0.1, 0.15) is 22.2 Å². The molecule has 7 heteroatoms. The van der Waals surface area contributed by atoms with Gasteiger partial charge in [-0.25, -0.2) is 4.68 Å². The molecule has 0 saturated heterocycles. The van der Waals surface area contributed by atoms with Gasteiger partial charge >= 0.3 is 5.56 Å². The zero-order chi connectivity index (χ0) is 21.1. The van der Waals surface area contributed by atoms with Gasteiger partial charge in [-0.15, -0.1) is 0 Å². The van der Waals surface area contributed by atoms with E-state index in [0.29, 0.717) is 23.7 Å². The van der Waals surface area contributed by atoms with Crippen LogP contribution < -0.4 is 15.0 Å². The fraction of sp³-hybridized carbons (Fsp3) is 0.130. The third-order valence-corrected chi connectivity index (χ3v) is 5.75. The molecule has 0 aliphatic heterocycles. The molecule has 2 aromatic carbocycles. The normalized spacial score (nSPS) is 10.8. The quantitative estimate of drug-likeness (QED) is 0.382. The van der Waals surface area contributed by atoms with Crippen LogP contribution in [0.25, 0.3) is 11.3 Å². The van der Waals surface area contributed by atoms with Gasteiger partial charge < -0.3 is 9.47 Å². The number of thiophene rings is 1. The molecule has 4 rings (SSSR count). The van der Waals surface area contributed by atoms with Crippen molar-refractivity contribution in [3.63, 3.8) is 0 Å². The van der Waals surface area contributed by atoms with E-state index in [0.717, 1.165) is 16.7 Å². The summed E-state index contributed by atoms with van der Waals surface area (Å²) in [6.07, 6.45) is 0. The van der Waals surface area contributed by atoms with Crippen LogP contribution in [0.3, 0.4) is 0 Å².